The van der Waals surface area contributed by atoms with Crippen LogP contribution in [0.15, 0.2) is 18.9 Å². The van der Waals surface area contributed by atoms with E-state index >= 15 is 0 Å². The van der Waals surface area contributed by atoms with Crippen molar-refractivity contribution in [1.29, 1.82) is 0 Å². The number of rotatable bonds is 5. The van der Waals surface area contributed by atoms with E-state index in [-0.39, 0.29) is 23.9 Å². The Morgan fingerprint density at radius 3 is 3.00 bits per heavy atom. The van der Waals surface area contributed by atoms with Gasteiger partial charge in [0, 0.05) is 17.6 Å². The van der Waals surface area contributed by atoms with E-state index in [1.54, 1.807) is 10.7 Å². The predicted octanol–water partition coefficient (Wildman–Crippen LogP) is 1.29. The van der Waals surface area contributed by atoms with E-state index in [0.717, 1.165) is 43.3 Å². The molecule has 8 heteroatoms. The van der Waals surface area contributed by atoms with E-state index in [2.05, 4.69) is 39.2 Å². The van der Waals surface area contributed by atoms with E-state index < -0.39 is 0 Å². The van der Waals surface area contributed by atoms with Crippen molar-refractivity contribution in [1.82, 2.24) is 24.9 Å². The van der Waals surface area contributed by atoms with E-state index in [1.165, 1.54) is 6.08 Å². The summed E-state index contributed by atoms with van der Waals surface area (Å²) < 4.78 is 1.70. The van der Waals surface area contributed by atoms with E-state index in [0.29, 0.717) is 5.95 Å². The highest BCUT2D eigenvalue weighted by atomic mass is 16.1. The summed E-state index contributed by atoms with van der Waals surface area (Å²) in [4.78, 5) is 20.1. The molecule has 1 aliphatic rings. The second-order valence-electron chi connectivity index (χ2n) is 6.08. The minimum Gasteiger partial charge on any atom is -0.368 e. The number of anilines is 2. The Morgan fingerprint density at radius 2 is 2.25 bits per heavy atom. The van der Waals surface area contributed by atoms with Crippen LogP contribution in [0.4, 0.5) is 11.9 Å². The molecule has 8 nitrogen and oxygen atoms in total. The van der Waals surface area contributed by atoms with Crippen LogP contribution in [0, 0.1) is 0 Å². The first-order valence-corrected chi connectivity index (χ1v) is 8.30. The van der Waals surface area contributed by atoms with Gasteiger partial charge in [-0.05, 0) is 38.2 Å². The second kappa shape index (κ2) is 6.86. The summed E-state index contributed by atoms with van der Waals surface area (Å²) in [6, 6.07) is 0.334. The molecule has 2 atom stereocenters. The van der Waals surface area contributed by atoms with Crippen molar-refractivity contribution in [3.05, 3.63) is 24.4 Å². The molecule has 0 aromatic carbocycles. The molecule has 24 heavy (non-hydrogen) atoms. The SMILES string of the molecule is C=CC(=O)NC1CCCC(Nc2nc(N)nc3c(CC)cnn23)C1. The highest BCUT2D eigenvalue weighted by molar-refractivity contribution is 5.87. The third-order valence-corrected chi connectivity index (χ3v) is 4.38. The van der Waals surface area contributed by atoms with Crippen LogP contribution in [-0.4, -0.2) is 37.6 Å². The number of nitrogen functional groups attached to an aromatic ring is 1. The maximum atomic E-state index is 11.5. The first kappa shape index (κ1) is 16.2. The van der Waals surface area contributed by atoms with Gasteiger partial charge in [0.1, 0.15) is 0 Å². The lowest BCUT2D eigenvalue weighted by molar-refractivity contribution is -0.117. The Hall–Kier alpha value is -2.64. The number of amides is 1. The summed E-state index contributed by atoms with van der Waals surface area (Å²) >= 11 is 0. The molecule has 2 unspecified atom stereocenters. The van der Waals surface area contributed by atoms with Crippen LogP contribution in [-0.2, 0) is 11.2 Å². The minimum atomic E-state index is -0.131. The molecule has 0 radical (unpaired) electrons. The maximum Gasteiger partial charge on any atom is 0.243 e. The van der Waals surface area contributed by atoms with Gasteiger partial charge < -0.3 is 16.4 Å². The average Bonchev–Trinajstić information content (AvgIpc) is 2.98. The fourth-order valence-electron chi connectivity index (χ4n) is 3.18. The highest BCUT2D eigenvalue weighted by Gasteiger charge is 2.24. The van der Waals surface area contributed by atoms with E-state index in [9.17, 15) is 4.79 Å². The van der Waals surface area contributed by atoms with Gasteiger partial charge in [-0.15, -0.1) is 0 Å². The molecule has 0 spiro atoms. The molecular formula is C16H23N7O. The number of fused-ring (bicyclic) bond motifs is 1. The lowest BCUT2D eigenvalue weighted by Gasteiger charge is -2.30. The summed E-state index contributed by atoms with van der Waals surface area (Å²) in [6.45, 7) is 5.55. The molecule has 0 aliphatic heterocycles. The standard InChI is InChI=1S/C16H23N7O/c1-3-10-9-18-23-14(10)21-15(17)22-16(23)20-12-7-5-6-11(8-12)19-13(24)4-2/h4,9,11-12H,2-3,5-8H2,1H3,(H,19,24)(H3,17,20,21,22). The highest BCUT2D eigenvalue weighted by Crippen LogP contribution is 2.23. The first-order chi connectivity index (χ1) is 11.6. The number of nitrogens with two attached hydrogens (primary N) is 1. The Morgan fingerprint density at radius 1 is 1.46 bits per heavy atom. The lowest BCUT2D eigenvalue weighted by Crippen LogP contribution is -2.41. The van der Waals surface area contributed by atoms with Crippen molar-refractivity contribution >= 4 is 23.5 Å². The Kier molecular flexibility index (Phi) is 4.64. The summed E-state index contributed by atoms with van der Waals surface area (Å²) in [5.41, 5.74) is 7.62. The molecule has 2 aromatic rings. The summed E-state index contributed by atoms with van der Waals surface area (Å²) in [7, 11) is 0. The van der Waals surface area contributed by atoms with E-state index in [4.69, 9.17) is 5.73 Å². The summed E-state index contributed by atoms with van der Waals surface area (Å²) in [5.74, 6) is 0.694. The number of hydrogen-bond acceptors (Lipinski definition) is 6. The molecule has 3 rings (SSSR count). The zero-order valence-corrected chi connectivity index (χ0v) is 13.8. The van der Waals surface area contributed by atoms with Crippen molar-refractivity contribution in [3.63, 3.8) is 0 Å². The minimum absolute atomic E-state index is 0.131. The third kappa shape index (κ3) is 3.32. The largest absolute Gasteiger partial charge is 0.368 e. The number of nitrogens with one attached hydrogen (secondary N) is 2. The first-order valence-electron chi connectivity index (χ1n) is 8.30. The fourth-order valence-corrected chi connectivity index (χ4v) is 3.18. The van der Waals surface area contributed by atoms with Crippen molar-refractivity contribution in [2.24, 2.45) is 0 Å². The smallest absolute Gasteiger partial charge is 0.243 e. The van der Waals surface area contributed by atoms with Crippen molar-refractivity contribution in [3.8, 4) is 0 Å². The number of aromatic nitrogens is 4. The number of aryl methyl sites for hydroxylation is 1. The number of nitrogens with zero attached hydrogens (tertiary/aromatic N) is 4. The molecule has 128 valence electrons. The third-order valence-electron chi connectivity index (χ3n) is 4.38. The molecule has 0 saturated heterocycles. The van der Waals surface area contributed by atoms with Gasteiger partial charge in [-0.2, -0.15) is 19.6 Å². The van der Waals surface area contributed by atoms with Gasteiger partial charge in [0.25, 0.3) is 0 Å². The monoisotopic (exact) mass is 329 g/mol. The quantitative estimate of drug-likeness (QED) is 0.713. The van der Waals surface area contributed by atoms with Crippen LogP contribution in [0.3, 0.4) is 0 Å². The van der Waals surface area contributed by atoms with Gasteiger partial charge in [-0.3, -0.25) is 4.79 Å². The van der Waals surface area contributed by atoms with Crippen LogP contribution in [0.1, 0.15) is 38.2 Å². The molecule has 1 aliphatic carbocycles. The Bertz CT molecular complexity index is 754. The second-order valence-corrected chi connectivity index (χ2v) is 6.08. The van der Waals surface area contributed by atoms with Crippen LogP contribution >= 0.6 is 0 Å². The summed E-state index contributed by atoms with van der Waals surface area (Å²) in [6.07, 6.45) is 7.77. The Balaban J connectivity index is 1.78. The van der Waals surface area contributed by atoms with Crippen LogP contribution in [0.2, 0.25) is 0 Å². The van der Waals surface area contributed by atoms with Gasteiger partial charge in [0.05, 0.1) is 6.20 Å². The molecule has 1 fully saturated rings. The number of carbonyl (C=O) groups excluding carboxylic acids is 1. The topological polar surface area (TPSA) is 110 Å². The van der Waals surface area contributed by atoms with Gasteiger partial charge >= 0.3 is 0 Å². The van der Waals surface area contributed by atoms with Crippen molar-refractivity contribution < 1.29 is 4.79 Å². The molecular weight excluding hydrogens is 306 g/mol. The van der Waals surface area contributed by atoms with Gasteiger partial charge in [-0.25, -0.2) is 0 Å². The molecule has 1 amide bonds. The molecule has 0 bridgehead atoms. The Labute approximate surface area is 140 Å². The maximum absolute atomic E-state index is 11.5. The van der Waals surface area contributed by atoms with Gasteiger partial charge in [0.15, 0.2) is 5.65 Å². The number of hydrogen-bond donors (Lipinski definition) is 3. The zero-order chi connectivity index (χ0) is 17.1. The van der Waals surface area contributed by atoms with Crippen LogP contribution in [0.25, 0.3) is 5.65 Å². The number of carbonyl (C=O) groups is 1. The predicted molar refractivity (Wildman–Crippen MR) is 92.6 cm³/mol. The molecule has 4 N–H and O–H groups in total. The summed E-state index contributed by atoms with van der Waals surface area (Å²) in [5, 5.41) is 10.8. The van der Waals surface area contributed by atoms with Gasteiger partial charge in [-0.1, -0.05) is 13.5 Å². The van der Waals surface area contributed by atoms with E-state index in [1.807, 2.05) is 0 Å². The van der Waals surface area contributed by atoms with Gasteiger partial charge in [0.2, 0.25) is 17.8 Å². The van der Waals surface area contributed by atoms with Crippen LogP contribution in [0.5, 0.6) is 0 Å². The average molecular weight is 329 g/mol. The normalized spacial score (nSPS) is 20.7. The lowest BCUT2D eigenvalue weighted by atomic mass is 9.91. The molecule has 1 saturated carbocycles. The van der Waals surface area contributed by atoms with Crippen LogP contribution < -0.4 is 16.4 Å². The van der Waals surface area contributed by atoms with Crippen molar-refractivity contribution in [2.75, 3.05) is 11.1 Å². The zero-order valence-electron chi connectivity index (χ0n) is 13.8. The molecule has 2 aromatic heterocycles. The van der Waals surface area contributed by atoms with Crippen molar-refractivity contribution in [2.45, 2.75) is 51.1 Å². The fraction of sp³-hybridized carbons (Fsp3) is 0.500. The molecule has 2 heterocycles.